The first-order valence-corrected chi connectivity index (χ1v) is 7.89. The highest BCUT2D eigenvalue weighted by Crippen LogP contribution is 2.29. The van der Waals surface area contributed by atoms with Gasteiger partial charge in [0.2, 0.25) is 0 Å². The maximum atomic E-state index is 12.0. The SMILES string of the molecule is O=C(COc1cccc2c1CCCC2)Nc1cccc(Cl)c1. The summed E-state index contributed by atoms with van der Waals surface area (Å²) in [5.74, 6) is 0.647. The van der Waals surface area contributed by atoms with Gasteiger partial charge in [0.25, 0.3) is 5.91 Å². The summed E-state index contributed by atoms with van der Waals surface area (Å²) in [6, 6.07) is 13.2. The molecule has 0 heterocycles. The van der Waals surface area contributed by atoms with E-state index in [1.54, 1.807) is 24.3 Å². The van der Waals surface area contributed by atoms with Crippen LogP contribution in [0.1, 0.15) is 24.0 Å². The van der Waals surface area contributed by atoms with Gasteiger partial charge >= 0.3 is 0 Å². The number of anilines is 1. The van der Waals surface area contributed by atoms with Crippen LogP contribution < -0.4 is 10.1 Å². The number of benzene rings is 2. The minimum absolute atomic E-state index is 0.00294. The van der Waals surface area contributed by atoms with Gasteiger partial charge < -0.3 is 10.1 Å². The number of carbonyl (C=O) groups excluding carboxylic acids is 1. The summed E-state index contributed by atoms with van der Waals surface area (Å²) >= 11 is 5.90. The monoisotopic (exact) mass is 315 g/mol. The fourth-order valence-electron chi connectivity index (χ4n) is 2.79. The van der Waals surface area contributed by atoms with Gasteiger partial charge in [-0.15, -0.1) is 0 Å². The van der Waals surface area contributed by atoms with Crippen molar-refractivity contribution >= 4 is 23.2 Å². The molecule has 0 spiro atoms. The van der Waals surface area contributed by atoms with Gasteiger partial charge in [-0.3, -0.25) is 4.79 Å². The topological polar surface area (TPSA) is 38.3 Å². The van der Waals surface area contributed by atoms with Gasteiger partial charge in [-0.05, 0) is 61.1 Å². The second-order valence-electron chi connectivity index (χ2n) is 5.45. The third-order valence-electron chi connectivity index (χ3n) is 3.82. The molecule has 0 saturated carbocycles. The number of hydrogen-bond donors (Lipinski definition) is 1. The highest BCUT2D eigenvalue weighted by Gasteiger charge is 2.14. The zero-order valence-corrected chi connectivity index (χ0v) is 13.0. The summed E-state index contributed by atoms with van der Waals surface area (Å²) in [6.07, 6.45) is 4.54. The van der Waals surface area contributed by atoms with Crippen LogP contribution in [0.2, 0.25) is 5.02 Å². The van der Waals surface area contributed by atoms with E-state index in [9.17, 15) is 4.79 Å². The van der Waals surface area contributed by atoms with Crippen LogP contribution in [0.4, 0.5) is 5.69 Å². The molecule has 0 unspecified atom stereocenters. The molecule has 2 aromatic rings. The number of halogens is 1. The number of hydrogen-bond acceptors (Lipinski definition) is 2. The number of rotatable bonds is 4. The Labute approximate surface area is 135 Å². The predicted octanol–water partition coefficient (Wildman–Crippen LogP) is 4.24. The van der Waals surface area contributed by atoms with Crippen LogP contribution in [-0.4, -0.2) is 12.5 Å². The van der Waals surface area contributed by atoms with Crippen molar-refractivity contribution in [2.24, 2.45) is 0 Å². The first-order chi connectivity index (χ1) is 10.7. The fraction of sp³-hybridized carbons (Fsp3) is 0.278. The molecule has 3 rings (SSSR count). The van der Waals surface area contributed by atoms with E-state index in [0.29, 0.717) is 10.7 Å². The van der Waals surface area contributed by atoms with Gasteiger partial charge in [0.1, 0.15) is 5.75 Å². The molecule has 0 atom stereocenters. The molecule has 3 nitrogen and oxygen atoms in total. The van der Waals surface area contributed by atoms with Crippen LogP contribution >= 0.6 is 11.6 Å². The van der Waals surface area contributed by atoms with Crippen LogP contribution in [0.3, 0.4) is 0 Å². The molecule has 1 N–H and O–H groups in total. The van der Waals surface area contributed by atoms with Gasteiger partial charge in [-0.25, -0.2) is 0 Å². The Morgan fingerprint density at radius 1 is 1.14 bits per heavy atom. The Kier molecular flexibility index (Phi) is 4.64. The van der Waals surface area contributed by atoms with Crippen molar-refractivity contribution in [3.8, 4) is 5.75 Å². The summed E-state index contributed by atoms with van der Waals surface area (Å²) in [6.45, 7) is 0.00294. The number of aryl methyl sites for hydroxylation is 1. The Balaban J connectivity index is 1.62. The number of carbonyl (C=O) groups is 1. The van der Waals surface area contributed by atoms with E-state index in [1.807, 2.05) is 12.1 Å². The van der Waals surface area contributed by atoms with Crippen LogP contribution in [0.5, 0.6) is 5.75 Å². The van der Waals surface area contributed by atoms with Crippen molar-refractivity contribution in [2.45, 2.75) is 25.7 Å². The molecular weight excluding hydrogens is 298 g/mol. The van der Waals surface area contributed by atoms with Crippen molar-refractivity contribution in [3.05, 3.63) is 58.6 Å². The average molecular weight is 316 g/mol. The van der Waals surface area contributed by atoms with Crippen LogP contribution in [-0.2, 0) is 17.6 Å². The molecule has 4 heteroatoms. The van der Waals surface area contributed by atoms with Gasteiger partial charge in [0.15, 0.2) is 6.61 Å². The lowest BCUT2D eigenvalue weighted by atomic mass is 9.91. The molecule has 1 amide bonds. The lowest BCUT2D eigenvalue weighted by Crippen LogP contribution is -2.21. The smallest absolute Gasteiger partial charge is 0.262 e. The lowest BCUT2D eigenvalue weighted by Gasteiger charge is -2.19. The third-order valence-corrected chi connectivity index (χ3v) is 4.06. The van der Waals surface area contributed by atoms with Gasteiger partial charge in [0, 0.05) is 10.7 Å². The van der Waals surface area contributed by atoms with E-state index in [4.69, 9.17) is 16.3 Å². The molecule has 1 aliphatic carbocycles. The van der Waals surface area contributed by atoms with Crippen molar-refractivity contribution in [3.63, 3.8) is 0 Å². The minimum Gasteiger partial charge on any atom is -0.483 e. The second-order valence-corrected chi connectivity index (χ2v) is 5.88. The first-order valence-electron chi connectivity index (χ1n) is 7.51. The lowest BCUT2D eigenvalue weighted by molar-refractivity contribution is -0.118. The molecule has 114 valence electrons. The summed E-state index contributed by atoms with van der Waals surface area (Å²) in [7, 11) is 0. The fourth-order valence-corrected chi connectivity index (χ4v) is 2.98. The highest BCUT2D eigenvalue weighted by atomic mass is 35.5. The summed E-state index contributed by atoms with van der Waals surface area (Å²) in [4.78, 5) is 12.0. The van der Waals surface area contributed by atoms with Gasteiger partial charge in [0.05, 0.1) is 0 Å². The minimum atomic E-state index is -0.185. The molecule has 2 aromatic carbocycles. The van der Waals surface area contributed by atoms with E-state index < -0.39 is 0 Å². The number of fused-ring (bicyclic) bond motifs is 1. The predicted molar refractivity (Wildman–Crippen MR) is 88.7 cm³/mol. The number of ether oxygens (including phenoxy) is 1. The average Bonchev–Trinajstić information content (AvgIpc) is 2.53. The Morgan fingerprint density at radius 2 is 1.95 bits per heavy atom. The van der Waals surface area contributed by atoms with E-state index in [0.717, 1.165) is 18.6 Å². The largest absolute Gasteiger partial charge is 0.483 e. The van der Waals surface area contributed by atoms with Crippen molar-refractivity contribution in [1.29, 1.82) is 0 Å². The quantitative estimate of drug-likeness (QED) is 0.916. The summed E-state index contributed by atoms with van der Waals surface area (Å²) in [5, 5.41) is 3.38. The first kappa shape index (κ1) is 14.9. The zero-order valence-electron chi connectivity index (χ0n) is 12.3. The molecule has 0 fully saturated rings. The zero-order chi connectivity index (χ0) is 15.4. The Hall–Kier alpha value is -2.00. The maximum Gasteiger partial charge on any atom is 0.262 e. The Bertz CT molecular complexity index is 685. The van der Waals surface area contributed by atoms with Crippen LogP contribution in [0, 0.1) is 0 Å². The number of amides is 1. The molecule has 0 aliphatic heterocycles. The Morgan fingerprint density at radius 3 is 2.82 bits per heavy atom. The standard InChI is InChI=1S/C18H18ClNO2/c19-14-7-4-8-15(11-14)20-18(21)12-22-17-10-3-6-13-5-1-2-9-16(13)17/h3-4,6-8,10-11H,1-2,5,9,12H2,(H,20,21). The maximum absolute atomic E-state index is 12.0. The third kappa shape index (κ3) is 3.60. The van der Waals surface area contributed by atoms with Crippen LogP contribution in [0.15, 0.2) is 42.5 Å². The van der Waals surface area contributed by atoms with E-state index in [-0.39, 0.29) is 12.5 Å². The second kappa shape index (κ2) is 6.84. The van der Waals surface area contributed by atoms with E-state index in [2.05, 4.69) is 11.4 Å². The normalized spacial score (nSPS) is 13.3. The van der Waals surface area contributed by atoms with Crippen molar-refractivity contribution < 1.29 is 9.53 Å². The van der Waals surface area contributed by atoms with Crippen LogP contribution in [0.25, 0.3) is 0 Å². The van der Waals surface area contributed by atoms with Gasteiger partial charge in [-0.2, -0.15) is 0 Å². The van der Waals surface area contributed by atoms with Gasteiger partial charge in [-0.1, -0.05) is 29.8 Å². The van der Waals surface area contributed by atoms with Crippen molar-refractivity contribution in [1.82, 2.24) is 0 Å². The van der Waals surface area contributed by atoms with Crippen molar-refractivity contribution in [2.75, 3.05) is 11.9 Å². The molecule has 0 aromatic heterocycles. The molecule has 0 saturated heterocycles. The summed E-state index contributed by atoms with van der Waals surface area (Å²) < 4.78 is 5.72. The molecule has 0 radical (unpaired) electrons. The molecule has 0 bridgehead atoms. The van der Waals surface area contributed by atoms with E-state index in [1.165, 1.54) is 24.0 Å². The highest BCUT2D eigenvalue weighted by molar-refractivity contribution is 6.30. The number of nitrogens with one attached hydrogen (secondary N) is 1. The van der Waals surface area contributed by atoms with E-state index >= 15 is 0 Å². The molecular formula is C18H18ClNO2. The molecule has 22 heavy (non-hydrogen) atoms. The summed E-state index contributed by atoms with van der Waals surface area (Å²) in [5.41, 5.74) is 3.28. The molecule has 1 aliphatic rings.